The molecule has 0 spiro atoms. The van der Waals surface area contributed by atoms with Gasteiger partial charge in [-0.15, -0.1) is 0 Å². The second kappa shape index (κ2) is 4.92. The van der Waals surface area contributed by atoms with Gasteiger partial charge in [-0.05, 0) is 28.9 Å². The number of nitrogens with zero attached hydrogens (tertiary/aromatic N) is 1. The molecule has 0 bridgehead atoms. The van der Waals surface area contributed by atoms with Crippen LogP contribution < -0.4 is 0 Å². The maximum atomic E-state index is 11.2. The lowest BCUT2D eigenvalue weighted by Crippen LogP contribution is -2.07. The molecule has 3 nitrogen and oxygen atoms in total. The Morgan fingerprint density at radius 3 is 2.82 bits per heavy atom. The van der Waals surface area contributed by atoms with Crippen molar-refractivity contribution in [2.75, 3.05) is 7.11 Å². The SMILES string of the molecule is COC(=O)CCn1c(C)c(Br)c2ccccc21. The summed E-state index contributed by atoms with van der Waals surface area (Å²) in [5.74, 6) is -0.182. The molecule has 0 radical (unpaired) electrons. The van der Waals surface area contributed by atoms with E-state index in [1.165, 1.54) is 12.5 Å². The standard InChI is InChI=1S/C13H14BrNO2/c1-9-13(14)10-5-3-4-6-11(10)15(9)8-7-12(16)17-2/h3-6H,7-8H2,1-2H3. The highest BCUT2D eigenvalue weighted by molar-refractivity contribution is 9.10. The van der Waals surface area contributed by atoms with Gasteiger partial charge in [-0.2, -0.15) is 0 Å². The summed E-state index contributed by atoms with van der Waals surface area (Å²) in [6, 6.07) is 8.14. The number of halogens is 1. The predicted molar refractivity (Wildman–Crippen MR) is 71.0 cm³/mol. The highest BCUT2D eigenvalue weighted by atomic mass is 79.9. The maximum absolute atomic E-state index is 11.2. The Morgan fingerprint density at radius 2 is 2.12 bits per heavy atom. The Balaban J connectivity index is 2.39. The first-order chi connectivity index (χ1) is 8.15. The Kier molecular flexibility index (Phi) is 3.52. The molecule has 0 fully saturated rings. The van der Waals surface area contributed by atoms with Crippen LogP contribution in [0, 0.1) is 6.92 Å². The molecule has 0 aliphatic heterocycles. The van der Waals surface area contributed by atoms with Crippen LogP contribution in [0.5, 0.6) is 0 Å². The van der Waals surface area contributed by atoms with Gasteiger partial charge in [0.1, 0.15) is 0 Å². The van der Waals surface area contributed by atoms with Gasteiger partial charge in [0.2, 0.25) is 0 Å². The number of carbonyl (C=O) groups excluding carboxylic acids is 1. The van der Waals surface area contributed by atoms with Crippen LogP contribution >= 0.6 is 15.9 Å². The molecule has 0 N–H and O–H groups in total. The number of methoxy groups -OCH3 is 1. The first-order valence-electron chi connectivity index (χ1n) is 5.45. The summed E-state index contributed by atoms with van der Waals surface area (Å²) in [5.41, 5.74) is 2.27. The molecule has 0 unspecified atom stereocenters. The number of ether oxygens (including phenoxy) is 1. The normalized spacial score (nSPS) is 10.8. The number of benzene rings is 1. The van der Waals surface area contributed by atoms with Crippen molar-refractivity contribution in [1.82, 2.24) is 4.57 Å². The fourth-order valence-corrected chi connectivity index (χ4v) is 2.53. The highest BCUT2D eigenvalue weighted by Gasteiger charge is 2.12. The van der Waals surface area contributed by atoms with Crippen molar-refractivity contribution in [3.05, 3.63) is 34.4 Å². The molecule has 1 heterocycles. The molecular weight excluding hydrogens is 282 g/mol. The molecule has 0 aliphatic carbocycles. The summed E-state index contributed by atoms with van der Waals surface area (Å²) < 4.78 is 7.90. The van der Waals surface area contributed by atoms with E-state index in [1.807, 2.05) is 19.1 Å². The highest BCUT2D eigenvalue weighted by Crippen LogP contribution is 2.30. The summed E-state index contributed by atoms with van der Waals surface area (Å²) in [4.78, 5) is 11.2. The summed E-state index contributed by atoms with van der Waals surface area (Å²) in [6.45, 7) is 2.69. The number of rotatable bonds is 3. The Labute approximate surface area is 108 Å². The zero-order valence-corrected chi connectivity index (χ0v) is 11.5. The number of esters is 1. The Bertz CT molecular complexity index is 560. The van der Waals surface area contributed by atoms with Crippen LogP contribution in [0.15, 0.2) is 28.7 Å². The lowest BCUT2D eigenvalue weighted by atomic mass is 10.2. The van der Waals surface area contributed by atoms with Crippen LogP contribution in [0.4, 0.5) is 0 Å². The fourth-order valence-electron chi connectivity index (χ4n) is 1.98. The number of carbonyl (C=O) groups is 1. The molecule has 4 heteroatoms. The summed E-state index contributed by atoms with van der Waals surface area (Å²) in [7, 11) is 1.42. The van der Waals surface area contributed by atoms with Gasteiger partial charge in [-0.1, -0.05) is 18.2 Å². The van der Waals surface area contributed by atoms with Crippen LogP contribution in [0.3, 0.4) is 0 Å². The van der Waals surface area contributed by atoms with E-state index in [0.29, 0.717) is 13.0 Å². The van der Waals surface area contributed by atoms with Gasteiger partial charge in [-0.3, -0.25) is 4.79 Å². The second-order valence-corrected chi connectivity index (χ2v) is 4.69. The minimum absolute atomic E-state index is 0.182. The molecule has 1 aromatic carbocycles. The van der Waals surface area contributed by atoms with E-state index in [2.05, 4.69) is 37.4 Å². The number of hydrogen-bond acceptors (Lipinski definition) is 2. The number of fused-ring (bicyclic) bond motifs is 1. The van der Waals surface area contributed by atoms with Crippen LogP contribution in [0.1, 0.15) is 12.1 Å². The summed E-state index contributed by atoms with van der Waals surface area (Å²) in [6.07, 6.45) is 0.391. The monoisotopic (exact) mass is 295 g/mol. The average molecular weight is 296 g/mol. The van der Waals surface area contributed by atoms with E-state index in [0.717, 1.165) is 15.7 Å². The first-order valence-corrected chi connectivity index (χ1v) is 6.24. The van der Waals surface area contributed by atoms with Crippen molar-refractivity contribution in [2.45, 2.75) is 19.9 Å². The Morgan fingerprint density at radius 1 is 1.41 bits per heavy atom. The van der Waals surface area contributed by atoms with Crippen LogP contribution in [-0.2, 0) is 16.1 Å². The van der Waals surface area contributed by atoms with Gasteiger partial charge in [0.25, 0.3) is 0 Å². The largest absolute Gasteiger partial charge is 0.469 e. The molecular formula is C13H14BrNO2. The summed E-state index contributed by atoms with van der Waals surface area (Å²) in [5, 5.41) is 1.18. The smallest absolute Gasteiger partial charge is 0.307 e. The molecule has 1 aromatic heterocycles. The number of aryl methyl sites for hydroxylation is 1. The van der Waals surface area contributed by atoms with Crippen LogP contribution in [-0.4, -0.2) is 17.6 Å². The average Bonchev–Trinajstić information content (AvgIpc) is 2.60. The van der Waals surface area contributed by atoms with E-state index in [-0.39, 0.29) is 5.97 Å². The van der Waals surface area contributed by atoms with Gasteiger partial charge in [0.15, 0.2) is 0 Å². The maximum Gasteiger partial charge on any atom is 0.307 e. The van der Waals surface area contributed by atoms with E-state index in [1.54, 1.807) is 0 Å². The van der Waals surface area contributed by atoms with Gasteiger partial charge >= 0.3 is 5.97 Å². The molecule has 0 saturated carbocycles. The minimum atomic E-state index is -0.182. The van der Waals surface area contributed by atoms with E-state index < -0.39 is 0 Å². The van der Waals surface area contributed by atoms with Crippen molar-refractivity contribution < 1.29 is 9.53 Å². The van der Waals surface area contributed by atoms with Gasteiger partial charge < -0.3 is 9.30 Å². The third kappa shape index (κ3) is 2.22. The Hall–Kier alpha value is -1.29. The number of para-hydroxylation sites is 1. The van der Waals surface area contributed by atoms with E-state index >= 15 is 0 Å². The third-order valence-electron chi connectivity index (χ3n) is 2.92. The van der Waals surface area contributed by atoms with Crippen LogP contribution in [0.2, 0.25) is 0 Å². The molecule has 2 rings (SSSR count). The third-order valence-corrected chi connectivity index (χ3v) is 3.92. The molecule has 17 heavy (non-hydrogen) atoms. The van der Waals surface area contributed by atoms with Gasteiger partial charge in [0, 0.05) is 27.6 Å². The number of aromatic nitrogens is 1. The van der Waals surface area contributed by atoms with Crippen molar-refractivity contribution >= 4 is 32.8 Å². The minimum Gasteiger partial charge on any atom is -0.469 e. The molecule has 0 saturated heterocycles. The zero-order chi connectivity index (χ0) is 12.4. The van der Waals surface area contributed by atoms with Crippen molar-refractivity contribution in [1.29, 1.82) is 0 Å². The lowest BCUT2D eigenvalue weighted by Gasteiger charge is -2.07. The van der Waals surface area contributed by atoms with Crippen molar-refractivity contribution in [2.24, 2.45) is 0 Å². The fraction of sp³-hybridized carbons (Fsp3) is 0.308. The molecule has 2 aromatic rings. The molecule has 0 amide bonds. The first kappa shape index (κ1) is 12.2. The van der Waals surface area contributed by atoms with E-state index in [9.17, 15) is 4.79 Å². The molecule has 0 atom stereocenters. The second-order valence-electron chi connectivity index (χ2n) is 3.89. The zero-order valence-electron chi connectivity index (χ0n) is 9.87. The molecule has 90 valence electrons. The van der Waals surface area contributed by atoms with Crippen LogP contribution in [0.25, 0.3) is 10.9 Å². The van der Waals surface area contributed by atoms with Gasteiger partial charge in [-0.25, -0.2) is 0 Å². The molecule has 0 aliphatic rings. The summed E-state index contributed by atoms with van der Waals surface area (Å²) >= 11 is 3.59. The van der Waals surface area contributed by atoms with Crippen molar-refractivity contribution in [3.8, 4) is 0 Å². The topological polar surface area (TPSA) is 31.2 Å². The van der Waals surface area contributed by atoms with E-state index in [4.69, 9.17) is 0 Å². The van der Waals surface area contributed by atoms with Gasteiger partial charge in [0.05, 0.1) is 13.5 Å². The quantitative estimate of drug-likeness (QED) is 0.814. The lowest BCUT2D eigenvalue weighted by molar-refractivity contribution is -0.140. The van der Waals surface area contributed by atoms with Crippen molar-refractivity contribution in [3.63, 3.8) is 0 Å². The predicted octanol–water partition coefficient (Wildman–Crippen LogP) is 3.28. The number of hydrogen-bond donors (Lipinski definition) is 0.